The summed E-state index contributed by atoms with van der Waals surface area (Å²) < 4.78 is 27.0. The zero-order chi connectivity index (χ0) is 29.6. The second-order valence-corrected chi connectivity index (χ2v) is 11.3. The van der Waals surface area contributed by atoms with E-state index < -0.39 is 53.3 Å². The van der Waals surface area contributed by atoms with Crippen LogP contribution in [0.5, 0.6) is 0 Å². The average molecular weight is 611 g/mol. The van der Waals surface area contributed by atoms with Crippen molar-refractivity contribution in [1.82, 2.24) is 15.5 Å². The number of carboxylic acids is 1. The number of thiocarbonyl (C=S) groups is 1. The summed E-state index contributed by atoms with van der Waals surface area (Å²) in [6.07, 6.45) is 0.875. The standard InChI is InChI=1S/C25H24F2N4O6S3/c1-12(23(36)30-18(22(28)35)4-5-21(33)34)29-20(32)6-7-31-24(37)19(40-25(31)38)10-15-8-14(11-39-15)13-2-3-16(26)17(27)9-13/h2-3,8-12,18H,4-7H2,1H3,(H2,28,35)(H,29,32)(H,30,36)(H,33,34)/t12-,18-/m0/s1. The molecule has 0 unspecified atom stereocenters. The second-order valence-electron chi connectivity index (χ2n) is 8.64. The minimum absolute atomic E-state index is 0.0464. The van der Waals surface area contributed by atoms with E-state index in [9.17, 15) is 32.8 Å². The van der Waals surface area contributed by atoms with Gasteiger partial charge in [-0.3, -0.25) is 28.9 Å². The van der Waals surface area contributed by atoms with Gasteiger partial charge in [-0.05, 0) is 54.1 Å². The summed E-state index contributed by atoms with van der Waals surface area (Å²) in [6.45, 7) is 1.33. The molecule has 5 N–H and O–H groups in total. The molecule has 2 heterocycles. The quantitative estimate of drug-likeness (QED) is 0.211. The number of nitrogens with zero attached hydrogens (tertiary/aromatic N) is 1. The monoisotopic (exact) mass is 610 g/mol. The molecular formula is C25H24F2N4O6S3. The Morgan fingerprint density at radius 3 is 2.50 bits per heavy atom. The van der Waals surface area contributed by atoms with E-state index in [2.05, 4.69) is 10.6 Å². The van der Waals surface area contributed by atoms with E-state index in [1.54, 1.807) is 17.5 Å². The molecule has 1 aliphatic rings. The highest BCUT2D eigenvalue weighted by atomic mass is 32.2. The van der Waals surface area contributed by atoms with Gasteiger partial charge in [0.25, 0.3) is 5.91 Å². The molecule has 212 valence electrons. The first-order chi connectivity index (χ1) is 18.8. The zero-order valence-electron chi connectivity index (χ0n) is 20.9. The van der Waals surface area contributed by atoms with E-state index in [-0.39, 0.29) is 30.1 Å². The molecular weight excluding hydrogens is 586 g/mol. The van der Waals surface area contributed by atoms with Gasteiger partial charge in [-0.1, -0.05) is 30.0 Å². The smallest absolute Gasteiger partial charge is 0.303 e. The molecule has 1 aliphatic heterocycles. The van der Waals surface area contributed by atoms with Crippen LogP contribution in [-0.2, 0) is 24.0 Å². The predicted octanol–water partition coefficient (Wildman–Crippen LogP) is 2.62. The molecule has 15 heteroatoms. The van der Waals surface area contributed by atoms with Gasteiger partial charge in [0.1, 0.15) is 16.4 Å². The number of hydrogen-bond acceptors (Lipinski definition) is 8. The fourth-order valence-corrected chi connectivity index (χ4v) is 5.74. The van der Waals surface area contributed by atoms with Gasteiger partial charge < -0.3 is 21.5 Å². The average Bonchev–Trinajstić information content (AvgIpc) is 3.45. The molecule has 1 aromatic carbocycles. The highest BCUT2D eigenvalue weighted by Gasteiger charge is 2.32. The van der Waals surface area contributed by atoms with E-state index in [1.165, 1.54) is 29.2 Å². The number of aliphatic carboxylic acids is 1. The van der Waals surface area contributed by atoms with Crippen molar-refractivity contribution in [3.05, 3.63) is 51.1 Å². The van der Waals surface area contributed by atoms with Crippen molar-refractivity contribution in [1.29, 1.82) is 0 Å². The van der Waals surface area contributed by atoms with Crippen LogP contribution in [0.1, 0.15) is 31.1 Å². The normalized spacial score (nSPS) is 15.7. The van der Waals surface area contributed by atoms with Crippen LogP contribution in [0.3, 0.4) is 0 Å². The van der Waals surface area contributed by atoms with E-state index in [4.69, 9.17) is 23.1 Å². The van der Waals surface area contributed by atoms with Gasteiger partial charge in [0.05, 0.1) is 4.91 Å². The Morgan fingerprint density at radius 2 is 1.85 bits per heavy atom. The zero-order valence-corrected chi connectivity index (χ0v) is 23.4. The van der Waals surface area contributed by atoms with Crippen LogP contribution in [0.25, 0.3) is 17.2 Å². The van der Waals surface area contributed by atoms with Crippen molar-refractivity contribution in [3.8, 4) is 11.1 Å². The maximum atomic E-state index is 13.6. The van der Waals surface area contributed by atoms with Crippen molar-refractivity contribution in [3.63, 3.8) is 0 Å². The van der Waals surface area contributed by atoms with Crippen molar-refractivity contribution < 1.29 is 37.9 Å². The van der Waals surface area contributed by atoms with E-state index in [0.717, 1.165) is 23.9 Å². The Balaban J connectivity index is 1.54. The largest absolute Gasteiger partial charge is 0.481 e. The molecule has 1 saturated heterocycles. The molecule has 0 aliphatic carbocycles. The molecule has 40 heavy (non-hydrogen) atoms. The highest BCUT2D eigenvalue weighted by molar-refractivity contribution is 8.26. The molecule has 3 rings (SSSR count). The van der Waals surface area contributed by atoms with Crippen LogP contribution in [0.4, 0.5) is 8.78 Å². The highest BCUT2D eigenvalue weighted by Crippen LogP contribution is 2.35. The summed E-state index contributed by atoms with van der Waals surface area (Å²) in [5, 5.41) is 15.3. The number of carbonyl (C=O) groups is 5. The third-order valence-electron chi connectivity index (χ3n) is 5.66. The van der Waals surface area contributed by atoms with Crippen LogP contribution in [0, 0.1) is 11.6 Å². The first-order valence-electron chi connectivity index (χ1n) is 11.8. The lowest BCUT2D eigenvalue weighted by molar-refractivity contribution is -0.137. The second kappa shape index (κ2) is 13.6. The number of primary amides is 1. The topological polar surface area (TPSA) is 159 Å². The molecule has 0 bridgehead atoms. The molecule has 0 radical (unpaired) electrons. The number of nitrogens with one attached hydrogen (secondary N) is 2. The number of hydrogen-bond donors (Lipinski definition) is 4. The van der Waals surface area contributed by atoms with Crippen LogP contribution in [0.15, 0.2) is 34.6 Å². The number of carbonyl (C=O) groups excluding carboxylic acids is 4. The van der Waals surface area contributed by atoms with Crippen LogP contribution >= 0.6 is 35.3 Å². The number of amides is 4. The number of thioether (sulfide) groups is 1. The van der Waals surface area contributed by atoms with Crippen LogP contribution in [0.2, 0.25) is 0 Å². The van der Waals surface area contributed by atoms with E-state index in [0.29, 0.717) is 20.9 Å². The third-order valence-corrected chi connectivity index (χ3v) is 7.92. The number of halogens is 2. The Bertz CT molecular complexity index is 1400. The lowest BCUT2D eigenvalue weighted by Crippen LogP contribution is -2.52. The SMILES string of the molecule is C[C@H](NC(=O)CCN1C(=O)C(=Cc2cc(-c3ccc(F)c(F)c3)cs2)SC1=S)C(=O)N[C@@H](CCC(=O)O)C(N)=O. The first-order valence-corrected chi connectivity index (χ1v) is 13.9. The maximum absolute atomic E-state index is 13.6. The lowest BCUT2D eigenvalue weighted by atomic mass is 10.1. The summed E-state index contributed by atoms with van der Waals surface area (Å²) in [6, 6.07) is 3.04. The molecule has 4 amide bonds. The minimum Gasteiger partial charge on any atom is -0.481 e. The molecule has 2 atom stereocenters. The van der Waals surface area contributed by atoms with Gasteiger partial charge in [-0.2, -0.15) is 0 Å². The fraction of sp³-hybridized carbons (Fsp3) is 0.280. The van der Waals surface area contributed by atoms with Crippen molar-refractivity contribution in [2.45, 2.75) is 38.3 Å². The predicted molar refractivity (Wildman–Crippen MR) is 150 cm³/mol. The van der Waals surface area contributed by atoms with Gasteiger partial charge in [0.15, 0.2) is 11.6 Å². The minimum atomic E-state index is -1.21. The summed E-state index contributed by atoms with van der Waals surface area (Å²) >= 11 is 7.65. The first kappa shape index (κ1) is 30.8. The Kier molecular flexibility index (Phi) is 10.5. The molecule has 1 aromatic heterocycles. The Morgan fingerprint density at radius 1 is 1.12 bits per heavy atom. The lowest BCUT2D eigenvalue weighted by Gasteiger charge is -2.19. The summed E-state index contributed by atoms with van der Waals surface area (Å²) in [5.41, 5.74) is 6.34. The van der Waals surface area contributed by atoms with Crippen molar-refractivity contribution in [2.24, 2.45) is 5.73 Å². The maximum Gasteiger partial charge on any atom is 0.303 e. The molecule has 0 spiro atoms. The summed E-state index contributed by atoms with van der Waals surface area (Å²) in [5.74, 6) is -5.66. The molecule has 0 saturated carbocycles. The number of rotatable bonds is 12. The third kappa shape index (κ3) is 8.16. The molecule has 10 nitrogen and oxygen atoms in total. The van der Waals surface area contributed by atoms with Crippen molar-refractivity contribution >= 4 is 75.3 Å². The van der Waals surface area contributed by atoms with Gasteiger partial charge in [-0.25, -0.2) is 8.78 Å². The van der Waals surface area contributed by atoms with E-state index >= 15 is 0 Å². The van der Waals surface area contributed by atoms with Gasteiger partial charge >= 0.3 is 5.97 Å². The summed E-state index contributed by atoms with van der Waals surface area (Å²) in [4.78, 5) is 62.1. The van der Waals surface area contributed by atoms with Gasteiger partial charge in [0, 0.05) is 24.3 Å². The fourth-order valence-electron chi connectivity index (χ4n) is 3.52. The van der Waals surface area contributed by atoms with Crippen molar-refractivity contribution in [2.75, 3.05) is 6.54 Å². The van der Waals surface area contributed by atoms with Crippen LogP contribution in [-0.4, -0.2) is 62.6 Å². The number of carboxylic acid groups (broad SMARTS) is 1. The Hall–Kier alpha value is -3.69. The molecule has 1 fully saturated rings. The van der Waals surface area contributed by atoms with E-state index in [1.807, 2.05) is 0 Å². The van der Waals surface area contributed by atoms with Crippen LogP contribution < -0.4 is 16.4 Å². The molecule has 2 aromatic rings. The Labute approximate surface area is 241 Å². The van der Waals surface area contributed by atoms with Gasteiger partial charge in [0.2, 0.25) is 17.7 Å². The number of nitrogens with two attached hydrogens (primary N) is 1. The van der Waals surface area contributed by atoms with Gasteiger partial charge in [-0.15, -0.1) is 11.3 Å². The summed E-state index contributed by atoms with van der Waals surface area (Å²) in [7, 11) is 0. The number of benzene rings is 1. The number of thiophene rings is 1.